The summed E-state index contributed by atoms with van der Waals surface area (Å²) < 4.78 is 80.4. The number of hydrogen-bond donors (Lipinski definition) is 1. The Morgan fingerprint density at radius 2 is 1.72 bits per heavy atom. The van der Waals surface area contributed by atoms with E-state index in [1.165, 1.54) is 13.8 Å². The average molecular weight is 441 g/mol. The minimum atomic E-state index is -6.12. The minimum absolute atomic E-state index is 0.240. The number of carbonyl (C=O) groups excluding carboxylic acids is 2. The van der Waals surface area contributed by atoms with Crippen LogP contribution < -0.4 is 14.2 Å². The summed E-state index contributed by atoms with van der Waals surface area (Å²) in [5.74, 6) is -4.07. The maximum absolute atomic E-state index is 12.7. The van der Waals surface area contributed by atoms with Crippen molar-refractivity contribution >= 4 is 27.9 Å². The largest absolute Gasteiger partial charge is 0.534 e. The lowest BCUT2D eigenvalue weighted by atomic mass is 10.1. The van der Waals surface area contributed by atoms with Crippen LogP contribution in [0.2, 0.25) is 0 Å². The van der Waals surface area contributed by atoms with Gasteiger partial charge in [0.25, 0.3) is 0 Å². The molecule has 0 atom stereocenters. The van der Waals surface area contributed by atoms with Crippen LogP contribution in [0.25, 0.3) is 0 Å². The van der Waals surface area contributed by atoms with Crippen LogP contribution in [0.1, 0.15) is 45.0 Å². The molecule has 0 saturated heterocycles. The van der Waals surface area contributed by atoms with Gasteiger partial charge in [-0.15, -0.1) is 0 Å². The summed E-state index contributed by atoms with van der Waals surface area (Å²) in [6.07, 6.45) is -0.986. The second-order valence-electron chi connectivity index (χ2n) is 7.35. The van der Waals surface area contributed by atoms with Crippen molar-refractivity contribution in [3.05, 3.63) is 17.7 Å². The molecule has 9 nitrogen and oxygen atoms in total. The van der Waals surface area contributed by atoms with Crippen molar-refractivity contribution in [1.29, 1.82) is 0 Å². The monoisotopic (exact) mass is 441 g/mol. The third-order valence-electron chi connectivity index (χ3n) is 3.09. The fraction of sp³-hybridized carbons (Fsp3) is 0.500. The van der Waals surface area contributed by atoms with Gasteiger partial charge in [-0.3, -0.25) is 5.32 Å². The standard InChI is InChI=1S/C16H18F3NO8S/c1-14(2,3)27-13(22)20-8-6-9-11(12(21)26-15(4,5)25-9)10(7-8)28-29(23,24)16(17,18)19/h6-7H,1-5H3,(H,20,22). The van der Waals surface area contributed by atoms with E-state index < -0.39 is 50.4 Å². The van der Waals surface area contributed by atoms with Crippen molar-refractivity contribution in [2.24, 2.45) is 0 Å². The lowest BCUT2D eigenvalue weighted by Crippen LogP contribution is -2.39. The van der Waals surface area contributed by atoms with E-state index in [0.29, 0.717) is 6.07 Å². The van der Waals surface area contributed by atoms with Crippen LogP contribution >= 0.6 is 0 Å². The SMILES string of the molecule is CC(C)(C)OC(=O)Nc1cc2c(c(OS(=O)(=O)C(F)(F)F)c1)C(=O)OC(C)(C)O2. The van der Waals surface area contributed by atoms with Gasteiger partial charge in [0.15, 0.2) is 5.75 Å². The molecule has 162 valence electrons. The average Bonchev–Trinajstić information content (AvgIpc) is 2.40. The summed E-state index contributed by atoms with van der Waals surface area (Å²) in [6.45, 7) is 7.41. The third-order valence-corrected chi connectivity index (χ3v) is 4.06. The van der Waals surface area contributed by atoms with Gasteiger partial charge in [0.2, 0.25) is 5.79 Å². The Kier molecular flexibility index (Phi) is 5.43. The molecule has 0 saturated carbocycles. The van der Waals surface area contributed by atoms with Crippen molar-refractivity contribution in [2.45, 2.75) is 51.5 Å². The molecular weight excluding hydrogens is 423 g/mol. The Morgan fingerprint density at radius 3 is 2.24 bits per heavy atom. The molecule has 29 heavy (non-hydrogen) atoms. The van der Waals surface area contributed by atoms with E-state index in [9.17, 15) is 31.2 Å². The molecule has 13 heteroatoms. The predicted octanol–water partition coefficient (Wildman–Crippen LogP) is 3.55. The molecule has 2 rings (SSSR count). The number of benzene rings is 1. The molecule has 0 fully saturated rings. The van der Waals surface area contributed by atoms with E-state index in [0.717, 1.165) is 6.07 Å². The Morgan fingerprint density at radius 1 is 1.14 bits per heavy atom. The maximum Gasteiger partial charge on any atom is 0.534 e. The number of alkyl halides is 3. The first-order valence-corrected chi connectivity index (χ1v) is 9.42. The molecule has 0 spiro atoms. The summed E-state index contributed by atoms with van der Waals surface area (Å²) in [7, 11) is -6.12. The zero-order valence-electron chi connectivity index (χ0n) is 16.0. The maximum atomic E-state index is 12.7. The van der Waals surface area contributed by atoms with Crippen molar-refractivity contribution in [3.63, 3.8) is 0 Å². The van der Waals surface area contributed by atoms with Crippen LogP contribution in [0.15, 0.2) is 12.1 Å². The number of anilines is 1. The van der Waals surface area contributed by atoms with Gasteiger partial charge < -0.3 is 18.4 Å². The Hall–Kier alpha value is -2.70. The number of amides is 1. The molecule has 1 aromatic carbocycles. The summed E-state index contributed by atoms with van der Waals surface area (Å²) in [6, 6.07) is 1.80. The van der Waals surface area contributed by atoms with Crippen LogP contribution in [-0.4, -0.2) is 37.4 Å². The highest BCUT2D eigenvalue weighted by atomic mass is 32.2. The molecule has 0 unspecified atom stereocenters. The first-order chi connectivity index (χ1) is 12.9. The molecule has 1 amide bonds. The Balaban J connectivity index is 2.53. The minimum Gasteiger partial charge on any atom is -0.452 e. The van der Waals surface area contributed by atoms with E-state index in [4.69, 9.17) is 14.2 Å². The van der Waals surface area contributed by atoms with Crippen LogP contribution in [-0.2, 0) is 19.6 Å². The van der Waals surface area contributed by atoms with Gasteiger partial charge in [0.1, 0.15) is 16.9 Å². The summed E-state index contributed by atoms with van der Waals surface area (Å²) in [4.78, 5) is 24.1. The summed E-state index contributed by atoms with van der Waals surface area (Å²) in [5.41, 5.74) is -7.57. The quantitative estimate of drug-likeness (QED) is 0.430. The van der Waals surface area contributed by atoms with Crippen molar-refractivity contribution in [2.75, 3.05) is 5.32 Å². The highest BCUT2D eigenvalue weighted by Crippen LogP contribution is 2.41. The lowest BCUT2D eigenvalue weighted by molar-refractivity contribution is -0.127. The fourth-order valence-corrected chi connectivity index (χ4v) is 2.62. The first kappa shape index (κ1) is 22.6. The topological polar surface area (TPSA) is 117 Å². The second-order valence-corrected chi connectivity index (χ2v) is 8.89. The zero-order valence-corrected chi connectivity index (χ0v) is 16.8. The van der Waals surface area contributed by atoms with Crippen LogP contribution in [0.3, 0.4) is 0 Å². The molecule has 0 bridgehead atoms. The smallest absolute Gasteiger partial charge is 0.452 e. The predicted molar refractivity (Wildman–Crippen MR) is 92.0 cm³/mol. The van der Waals surface area contributed by atoms with Crippen LogP contribution in [0.4, 0.5) is 23.7 Å². The van der Waals surface area contributed by atoms with E-state index >= 15 is 0 Å². The highest BCUT2D eigenvalue weighted by Gasteiger charge is 2.49. The lowest BCUT2D eigenvalue weighted by Gasteiger charge is -2.32. The first-order valence-electron chi connectivity index (χ1n) is 8.01. The van der Waals surface area contributed by atoms with E-state index in [1.807, 2.05) is 0 Å². The van der Waals surface area contributed by atoms with Gasteiger partial charge in [-0.05, 0) is 20.8 Å². The molecule has 0 aromatic heterocycles. The molecule has 1 N–H and O–H groups in total. The number of cyclic esters (lactones) is 1. The molecule has 1 heterocycles. The van der Waals surface area contributed by atoms with Crippen molar-refractivity contribution < 1.29 is 49.6 Å². The molecular formula is C16H18F3NO8S. The molecule has 0 aliphatic carbocycles. The highest BCUT2D eigenvalue weighted by molar-refractivity contribution is 7.88. The number of fused-ring (bicyclic) bond motifs is 1. The van der Waals surface area contributed by atoms with E-state index in [-0.39, 0.29) is 11.4 Å². The van der Waals surface area contributed by atoms with E-state index in [1.54, 1.807) is 20.8 Å². The number of halogens is 3. The number of nitrogens with one attached hydrogen (secondary N) is 1. The van der Waals surface area contributed by atoms with E-state index in [2.05, 4.69) is 9.50 Å². The summed E-state index contributed by atoms with van der Waals surface area (Å²) >= 11 is 0. The summed E-state index contributed by atoms with van der Waals surface area (Å²) in [5, 5.41) is 2.21. The number of hydrogen-bond acceptors (Lipinski definition) is 8. The van der Waals surface area contributed by atoms with Gasteiger partial charge in [0.05, 0.1) is 5.69 Å². The number of ether oxygens (including phenoxy) is 3. The normalized spacial score (nSPS) is 16.2. The second kappa shape index (κ2) is 6.97. The number of esters is 1. The Labute approximate surface area is 164 Å². The van der Waals surface area contributed by atoms with Crippen LogP contribution in [0, 0.1) is 0 Å². The van der Waals surface area contributed by atoms with Gasteiger partial charge >= 0.3 is 27.7 Å². The van der Waals surface area contributed by atoms with Gasteiger partial charge in [-0.2, -0.15) is 21.6 Å². The fourth-order valence-electron chi connectivity index (χ4n) is 2.16. The molecule has 1 aromatic rings. The van der Waals surface area contributed by atoms with Crippen molar-refractivity contribution in [3.8, 4) is 11.5 Å². The van der Waals surface area contributed by atoms with Gasteiger partial charge in [-0.1, -0.05) is 0 Å². The van der Waals surface area contributed by atoms with Gasteiger partial charge in [-0.25, -0.2) is 9.59 Å². The molecule has 1 aliphatic heterocycles. The van der Waals surface area contributed by atoms with Crippen LogP contribution in [0.5, 0.6) is 11.5 Å². The number of carbonyl (C=O) groups is 2. The molecule has 1 aliphatic rings. The third kappa shape index (κ3) is 5.43. The van der Waals surface area contributed by atoms with Gasteiger partial charge in [0, 0.05) is 26.0 Å². The molecule has 0 radical (unpaired) electrons. The Bertz CT molecular complexity index is 948. The number of rotatable bonds is 3. The van der Waals surface area contributed by atoms with Crippen molar-refractivity contribution in [1.82, 2.24) is 0 Å². The zero-order chi connectivity index (χ0) is 22.4.